The number of nitrogens with zero attached hydrogens (tertiary/aromatic N) is 3. The van der Waals surface area contributed by atoms with Gasteiger partial charge in [-0.3, -0.25) is 4.79 Å². The van der Waals surface area contributed by atoms with Crippen LogP contribution in [0.1, 0.15) is 23.8 Å². The Morgan fingerprint density at radius 3 is 2.57 bits per heavy atom. The zero-order valence-electron chi connectivity index (χ0n) is 12.0. The number of anilines is 1. The molecule has 21 heavy (non-hydrogen) atoms. The summed E-state index contributed by atoms with van der Waals surface area (Å²) in [5.74, 6) is -0.102. The molecule has 2 rings (SSSR count). The molecule has 7 nitrogen and oxygen atoms in total. The van der Waals surface area contributed by atoms with E-state index < -0.39 is 10.0 Å². The smallest absolute Gasteiger partial charge is 0.274 e. The third-order valence-electron chi connectivity index (χ3n) is 3.42. The number of nitrogens with two attached hydrogens (primary N) is 1. The normalized spacial score (nSPS) is 16.9. The molecule has 1 aromatic rings. The van der Waals surface area contributed by atoms with E-state index in [1.54, 1.807) is 17.0 Å². The highest BCUT2D eigenvalue weighted by atomic mass is 32.2. The van der Waals surface area contributed by atoms with Gasteiger partial charge >= 0.3 is 0 Å². The van der Waals surface area contributed by atoms with Crippen molar-refractivity contribution >= 4 is 21.6 Å². The van der Waals surface area contributed by atoms with E-state index >= 15 is 0 Å². The number of nitrogen functional groups attached to an aromatic ring is 1. The molecule has 1 aromatic heterocycles. The number of carbonyl (C=O) groups excluding carboxylic acids is 1. The van der Waals surface area contributed by atoms with Gasteiger partial charge in [-0.25, -0.2) is 13.4 Å². The summed E-state index contributed by atoms with van der Waals surface area (Å²) < 4.78 is 25.4. The molecule has 1 fully saturated rings. The summed E-state index contributed by atoms with van der Waals surface area (Å²) >= 11 is 0. The number of hydrogen-bond donors (Lipinski definition) is 1. The number of carbonyl (C=O) groups is 1. The zero-order valence-corrected chi connectivity index (χ0v) is 12.8. The average molecular weight is 312 g/mol. The van der Waals surface area contributed by atoms with Crippen LogP contribution in [0.2, 0.25) is 0 Å². The van der Waals surface area contributed by atoms with Gasteiger partial charge in [0.1, 0.15) is 0 Å². The molecule has 116 valence electrons. The standard InChI is InChI=1S/C13H20N4O3S/c1-2-10-21(19,20)17-8-6-16(7-9-17)13(18)12-11(14)4-3-5-15-12/h3-5H,2,6-10,14H2,1H3. The van der Waals surface area contributed by atoms with E-state index in [0.29, 0.717) is 38.3 Å². The summed E-state index contributed by atoms with van der Waals surface area (Å²) in [6.07, 6.45) is 2.11. The van der Waals surface area contributed by atoms with Crippen LogP contribution in [0.15, 0.2) is 18.3 Å². The third kappa shape index (κ3) is 3.51. The fourth-order valence-electron chi connectivity index (χ4n) is 2.30. The van der Waals surface area contributed by atoms with E-state index in [4.69, 9.17) is 5.73 Å². The Morgan fingerprint density at radius 2 is 2.00 bits per heavy atom. The van der Waals surface area contributed by atoms with E-state index in [1.165, 1.54) is 10.5 Å². The van der Waals surface area contributed by atoms with Gasteiger partial charge in [0.2, 0.25) is 10.0 Å². The Morgan fingerprint density at radius 1 is 1.33 bits per heavy atom. The quantitative estimate of drug-likeness (QED) is 0.854. The van der Waals surface area contributed by atoms with Crippen LogP contribution in [0.25, 0.3) is 0 Å². The molecule has 2 heterocycles. The summed E-state index contributed by atoms with van der Waals surface area (Å²) in [6.45, 7) is 3.19. The number of rotatable bonds is 4. The number of sulfonamides is 1. The first kappa shape index (κ1) is 15.7. The van der Waals surface area contributed by atoms with Crippen molar-refractivity contribution in [1.29, 1.82) is 0 Å². The largest absolute Gasteiger partial charge is 0.397 e. The summed E-state index contributed by atoms with van der Waals surface area (Å²) in [5, 5.41) is 0. The minimum atomic E-state index is -3.20. The molecule has 0 spiro atoms. The van der Waals surface area contributed by atoms with Gasteiger partial charge in [0.15, 0.2) is 5.69 Å². The van der Waals surface area contributed by atoms with Gasteiger partial charge < -0.3 is 10.6 Å². The second-order valence-corrected chi connectivity index (χ2v) is 7.04. The van der Waals surface area contributed by atoms with Gasteiger partial charge in [-0.2, -0.15) is 4.31 Å². The molecule has 0 saturated carbocycles. The van der Waals surface area contributed by atoms with E-state index in [1.807, 2.05) is 6.92 Å². The molecule has 0 atom stereocenters. The average Bonchev–Trinajstić information content (AvgIpc) is 2.47. The number of hydrogen-bond acceptors (Lipinski definition) is 5. The topological polar surface area (TPSA) is 96.6 Å². The van der Waals surface area contributed by atoms with Gasteiger partial charge in [-0.15, -0.1) is 0 Å². The molecular formula is C13H20N4O3S. The van der Waals surface area contributed by atoms with E-state index in [9.17, 15) is 13.2 Å². The van der Waals surface area contributed by atoms with Crippen LogP contribution >= 0.6 is 0 Å². The molecule has 0 radical (unpaired) electrons. The highest BCUT2D eigenvalue weighted by Gasteiger charge is 2.29. The Balaban J connectivity index is 2.02. The SMILES string of the molecule is CCCS(=O)(=O)N1CCN(C(=O)c2ncccc2N)CC1. The Kier molecular flexibility index (Phi) is 4.79. The number of pyridine rings is 1. The van der Waals surface area contributed by atoms with Gasteiger partial charge in [-0.1, -0.05) is 6.92 Å². The first-order valence-corrected chi connectivity index (χ1v) is 8.54. The van der Waals surface area contributed by atoms with Gasteiger partial charge in [0, 0.05) is 32.4 Å². The lowest BCUT2D eigenvalue weighted by atomic mass is 10.2. The summed E-state index contributed by atoms with van der Waals surface area (Å²) in [5.41, 5.74) is 6.31. The molecule has 1 saturated heterocycles. The fraction of sp³-hybridized carbons (Fsp3) is 0.538. The van der Waals surface area contributed by atoms with Crippen LogP contribution in [-0.4, -0.2) is 60.4 Å². The number of amides is 1. The molecule has 2 N–H and O–H groups in total. The van der Waals surface area contributed by atoms with Crippen LogP contribution < -0.4 is 5.73 Å². The van der Waals surface area contributed by atoms with Crippen molar-refractivity contribution in [3.63, 3.8) is 0 Å². The van der Waals surface area contributed by atoms with Gasteiger partial charge in [0.05, 0.1) is 11.4 Å². The lowest BCUT2D eigenvalue weighted by Crippen LogP contribution is -2.51. The fourth-order valence-corrected chi connectivity index (χ4v) is 3.80. The molecule has 0 unspecified atom stereocenters. The van der Waals surface area contributed by atoms with E-state index in [-0.39, 0.29) is 17.4 Å². The first-order valence-electron chi connectivity index (χ1n) is 6.93. The Labute approximate surface area is 124 Å². The summed E-state index contributed by atoms with van der Waals surface area (Å²) in [4.78, 5) is 17.9. The Hall–Kier alpha value is -1.67. The van der Waals surface area contributed by atoms with Gasteiger partial charge in [-0.05, 0) is 18.6 Å². The lowest BCUT2D eigenvalue weighted by Gasteiger charge is -2.33. The molecule has 8 heteroatoms. The maximum Gasteiger partial charge on any atom is 0.274 e. The predicted molar refractivity (Wildman–Crippen MR) is 80.2 cm³/mol. The third-order valence-corrected chi connectivity index (χ3v) is 5.50. The lowest BCUT2D eigenvalue weighted by molar-refractivity contribution is 0.0693. The summed E-state index contributed by atoms with van der Waals surface area (Å²) in [7, 11) is -3.20. The van der Waals surface area contributed by atoms with E-state index in [0.717, 1.165) is 0 Å². The second kappa shape index (κ2) is 6.40. The Bertz CT molecular complexity index is 610. The zero-order chi connectivity index (χ0) is 15.5. The van der Waals surface area contributed by atoms with Crippen molar-refractivity contribution in [1.82, 2.24) is 14.2 Å². The van der Waals surface area contributed by atoms with Crippen molar-refractivity contribution in [3.8, 4) is 0 Å². The van der Waals surface area contributed by atoms with E-state index in [2.05, 4.69) is 4.98 Å². The number of aromatic nitrogens is 1. The number of piperazine rings is 1. The molecule has 0 aromatic carbocycles. The van der Waals surface area contributed by atoms with Crippen molar-refractivity contribution in [2.75, 3.05) is 37.7 Å². The maximum atomic E-state index is 12.3. The van der Waals surface area contributed by atoms with Crippen molar-refractivity contribution in [2.24, 2.45) is 0 Å². The minimum absolute atomic E-state index is 0.147. The minimum Gasteiger partial charge on any atom is -0.397 e. The molecule has 0 bridgehead atoms. The van der Waals surface area contributed by atoms with Crippen molar-refractivity contribution in [3.05, 3.63) is 24.0 Å². The predicted octanol–water partition coefficient (Wildman–Crippen LogP) is 0.161. The second-order valence-electron chi connectivity index (χ2n) is 4.95. The highest BCUT2D eigenvalue weighted by Crippen LogP contribution is 2.14. The maximum absolute atomic E-state index is 12.3. The molecule has 0 aliphatic carbocycles. The van der Waals surface area contributed by atoms with Gasteiger partial charge in [0.25, 0.3) is 5.91 Å². The van der Waals surface area contributed by atoms with Crippen LogP contribution in [0.3, 0.4) is 0 Å². The van der Waals surface area contributed by atoms with Crippen LogP contribution in [-0.2, 0) is 10.0 Å². The van der Waals surface area contributed by atoms with Crippen LogP contribution in [0.5, 0.6) is 0 Å². The van der Waals surface area contributed by atoms with Crippen LogP contribution in [0.4, 0.5) is 5.69 Å². The van der Waals surface area contributed by atoms with Crippen molar-refractivity contribution < 1.29 is 13.2 Å². The summed E-state index contributed by atoms with van der Waals surface area (Å²) in [6, 6.07) is 3.30. The molecule has 1 amide bonds. The van der Waals surface area contributed by atoms with Crippen LogP contribution in [0, 0.1) is 0 Å². The van der Waals surface area contributed by atoms with Crippen molar-refractivity contribution in [2.45, 2.75) is 13.3 Å². The molecule has 1 aliphatic rings. The highest BCUT2D eigenvalue weighted by molar-refractivity contribution is 7.89. The molecule has 1 aliphatic heterocycles. The molecular weight excluding hydrogens is 292 g/mol. The monoisotopic (exact) mass is 312 g/mol. The first-order chi connectivity index (χ1) is 9.95.